The molecule has 100 valence electrons. The Morgan fingerprint density at radius 1 is 1.35 bits per heavy atom. The SMILES string of the molecule is CCN(C)CCNC(=O)NC(C(=O)O)C(C)C. The van der Waals surface area contributed by atoms with Crippen LogP contribution >= 0.6 is 0 Å². The summed E-state index contributed by atoms with van der Waals surface area (Å²) in [5, 5.41) is 14.0. The third-order valence-electron chi connectivity index (χ3n) is 2.54. The summed E-state index contributed by atoms with van der Waals surface area (Å²) in [6.07, 6.45) is 0. The average molecular weight is 245 g/mol. The summed E-state index contributed by atoms with van der Waals surface area (Å²) >= 11 is 0. The van der Waals surface area contributed by atoms with E-state index in [0.29, 0.717) is 6.54 Å². The average Bonchev–Trinajstić information content (AvgIpc) is 2.24. The van der Waals surface area contributed by atoms with Gasteiger partial charge in [0.15, 0.2) is 0 Å². The molecule has 0 saturated carbocycles. The molecule has 0 radical (unpaired) electrons. The van der Waals surface area contributed by atoms with E-state index in [1.807, 2.05) is 14.0 Å². The van der Waals surface area contributed by atoms with Crippen LogP contribution in [0.5, 0.6) is 0 Å². The van der Waals surface area contributed by atoms with Gasteiger partial charge in [-0.3, -0.25) is 0 Å². The third kappa shape index (κ3) is 6.78. The molecule has 0 rings (SSSR count). The van der Waals surface area contributed by atoms with Crippen molar-refractivity contribution < 1.29 is 14.7 Å². The fraction of sp³-hybridized carbons (Fsp3) is 0.818. The van der Waals surface area contributed by atoms with Gasteiger partial charge in [-0.1, -0.05) is 20.8 Å². The number of nitrogens with zero attached hydrogens (tertiary/aromatic N) is 1. The van der Waals surface area contributed by atoms with Crippen LogP contribution in [0.4, 0.5) is 4.79 Å². The largest absolute Gasteiger partial charge is 0.480 e. The van der Waals surface area contributed by atoms with Crippen LogP contribution in [0, 0.1) is 5.92 Å². The van der Waals surface area contributed by atoms with E-state index in [9.17, 15) is 9.59 Å². The van der Waals surface area contributed by atoms with Gasteiger partial charge in [-0.25, -0.2) is 9.59 Å². The number of hydrogen-bond acceptors (Lipinski definition) is 3. The van der Waals surface area contributed by atoms with Crippen LogP contribution < -0.4 is 10.6 Å². The normalized spacial score (nSPS) is 12.6. The van der Waals surface area contributed by atoms with Gasteiger partial charge < -0.3 is 20.6 Å². The summed E-state index contributed by atoms with van der Waals surface area (Å²) in [6, 6.07) is -1.28. The molecule has 17 heavy (non-hydrogen) atoms. The minimum absolute atomic E-state index is 0.142. The molecule has 0 aromatic heterocycles. The van der Waals surface area contributed by atoms with Crippen molar-refractivity contribution in [2.45, 2.75) is 26.8 Å². The Morgan fingerprint density at radius 2 is 1.94 bits per heavy atom. The number of hydrogen-bond donors (Lipinski definition) is 3. The molecule has 3 N–H and O–H groups in total. The van der Waals surface area contributed by atoms with E-state index >= 15 is 0 Å². The van der Waals surface area contributed by atoms with E-state index in [1.54, 1.807) is 13.8 Å². The second-order valence-corrected chi connectivity index (χ2v) is 4.36. The highest BCUT2D eigenvalue weighted by Gasteiger charge is 2.22. The summed E-state index contributed by atoms with van der Waals surface area (Å²) in [5.74, 6) is -1.16. The van der Waals surface area contributed by atoms with Gasteiger partial charge in [-0.15, -0.1) is 0 Å². The number of carboxylic acid groups (broad SMARTS) is 1. The number of carbonyl (C=O) groups excluding carboxylic acids is 1. The first-order valence-corrected chi connectivity index (χ1v) is 5.84. The van der Waals surface area contributed by atoms with Gasteiger partial charge in [0.2, 0.25) is 0 Å². The molecule has 0 bridgehead atoms. The van der Waals surface area contributed by atoms with Gasteiger partial charge in [0.05, 0.1) is 0 Å². The Bertz CT molecular complexity index is 256. The molecule has 0 heterocycles. The number of rotatable bonds is 7. The lowest BCUT2D eigenvalue weighted by molar-refractivity contribution is -0.140. The van der Waals surface area contributed by atoms with Gasteiger partial charge >= 0.3 is 12.0 Å². The summed E-state index contributed by atoms with van der Waals surface area (Å²) in [6.45, 7) is 7.68. The van der Waals surface area contributed by atoms with Crippen molar-refractivity contribution in [1.29, 1.82) is 0 Å². The number of carboxylic acids is 1. The number of nitrogens with one attached hydrogen (secondary N) is 2. The second-order valence-electron chi connectivity index (χ2n) is 4.36. The highest BCUT2D eigenvalue weighted by atomic mass is 16.4. The number of likely N-dealkylation sites (N-methyl/N-ethyl adjacent to an activating group) is 1. The first kappa shape index (κ1) is 15.7. The molecule has 1 unspecified atom stereocenters. The van der Waals surface area contributed by atoms with Crippen molar-refractivity contribution in [1.82, 2.24) is 15.5 Å². The molecule has 0 aromatic carbocycles. The van der Waals surface area contributed by atoms with Crippen LogP contribution in [-0.2, 0) is 4.79 Å². The van der Waals surface area contributed by atoms with E-state index in [4.69, 9.17) is 5.11 Å². The monoisotopic (exact) mass is 245 g/mol. The minimum atomic E-state index is -1.01. The zero-order valence-corrected chi connectivity index (χ0v) is 11.0. The van der Waals surface area contributed by atoms with Crippen LogP contribution in [-0.4, -0.2) is 54.7 Å². The molecular weight excluding hydrogens is 222 g/mol. The number of urea groups is 1. The highest BCUT2D eigenvalue weighted by molar-refractivity contribution is 5.82. The van der Waals surface area contributed by atoms with E-state index in [-0.39, 0.29) is 5.92 Å². The van der Waals surface area contributed by atoms with Crippen molar-refractivity contribution in [2.24, 2.45) is 5.92 Å². The maximum atomic E-state index is 11.4. The summed E-state index contributed by atoms with van der Waals surface area (Å²) in [7, 11) is 1.95. The Labute approximate surface area is 102 Å². The maximum Gasteiger partial charge on any atom is 0.326 e. The van der Waals surface area contributed by atoms with Crippen LogP contribution in [0.15, 0.2) is 0 Å². The summed E-state index contributed by atoms with van der Waals surface area (Å²) < 4.78 is 0. The molecule has 2 amide bonds. The molecule has 1 atom stereocenters. The van der Waals surface area contributed by atoms with Crippen molar-refractivity contribution in [3.63, 3.8) is 0 Å². The van der Waals surface area contributed by atoms with Gasteiger partial charge in [-0.2, -0.15) is 0 Å². The van der Waals surface area contributed by atoms with Crippen LogP contribution in [0.25, 0.3) is 0 Å². The van der Waals surface area contributed by atoms with Crippen molar-refractivity contribution in [2.75, 3.05) is 26.7 Å². The predicted molar refractivity (Wildman–Crippen MR) is 66.0 cm³/mol. The molecule has 0 aliphatic carbocycles. The Kier molecular flexibility index (Phi) is 7.29. The fourth-order valence-corrected chi connectivity index (χ4v) is 1.22. The lowest BCUT2D eigenvalue weighted by atomic mass is 10.1. The van der Waals surface area contributed by atoms with Crippen LogP contribution in [0.1, 0.15) is 20.8 Å². The van der Waals surface area contributed by atoms with E-state index in [2.05, 4.69) is 15.5 Å². The highest BCUT2D eigenvalue weighted by Crippen LogP contribution is 2.00. The maximum absolute atomic E-state index is 11.4. The molecule has 6 nitrogen and oxygen atoms in total. The van der Waals surface area contributed by atoms with Crippen molar-refractivity contribution in [3.05, 3.63) is 0 Å². The number of carbonyl (C=O) groups is 2. The zero-order chi connectivity index (χ0) is 13.4. The molecule has 0 saturated heterocycles. The Morgan fingerprint density at radius 3 is 2.35 bits per heavy atom. The molecule has 0 fully saturated rings. The molecule has 0 aliphatic heterocycles. The van der Waals surface area contributed by atoms with Crippen LogP contribution in [0.3, 0.4) is 0 Å². The molecule has 6 heteroatoms. The van der Waals surface area contributed by atoms with E-state index in [1.165, 1.54) is 0 Å². The van der Waals surface area contributed by atoms with E-state index in [0.717, 1.165) is 13.1 Å². The first-order valence-electron chi connectivity index (χ1n) is 5.84. The van der Waals surface area contributed by atoms with Gasteiger partial charge in [-0.05, 0) is 19.5 Å². The molecule has 0 spiro atoms. The fourth-order valence-electron chi connectivity index (χ4n) is 1.22. The second kappa shape index (κ2) is 7.89. The first-order chi connectivity index (χ1) is 7.88. The topological polar surface area (TPSA) is 81.7 Å². The number of aliphatic carboxylic acids is 1. The molecule has 0 aliphatic rings. The predicted octanol–water partition coefficient (Wildman–Crippen LogP) is 0.347. The van der Waals surface area contributed by atoms with Crippen LogP contribution in [0.2, 0.25) is 0 Å². The zero-order valence-electron chi connectivity index (χ0n) is 11.0. The minimum Gasteiger partial charge on any atom is -0.480 e. The van der Waals surface area contributed by atoms with E-state index < -0.39 is 18.0 Å². The quantitative estimate of drug-likeness (QED) is 0.604. The number of amides is 2. The lowest BCUT2D eigenvalue weighted by Crippen LogP contribution is -2.49. The third-order valence-corrected chi connectivity index (χ3v) is 2.54. The Balaban J connectivity index is 3.95. The van der Waals surface area contributed by atoms with Crippen molar-refractivity contribution >= 4 is 12.0 Å². The Hall–Kier alpha value is -1.30. The molecule has 0 aromatic rings. The lowest BCUT2D eigenvalue weighted by Gasteiger charge is -2.19. The van der Waals surface area contributed by atoms with Gasteiger partial charge in [0, 0.05) is 13.1 Å². The van der Waals surface area contributed by atoms with Crippen molar-refractivity contribution in [3.8, 4) is 0 Å². The summed E-state index contributed by atoms with van der Waals surface area (Å²) in [4.78, 5) is 24.3. The van der Waals surface area contributed by atoms with Gasteiger partial charge in [0.1, 0.15) is 6.04 Å². The molecular formula is C11H23N3O3. The summed E-state index contributed by atoms with van der Waals surface area (Å²) in [5.41, 5.74) is 0. The smallest absolute Gasteiger partial charge is 0.326 e. The van der Waals surface area contributed by atoms with Gasteiger partial charge in [0.25, 0.3) is 0 Å². The standard InChI is InChI=1S/C11H23N3O3/c1-5-14(4)7-6-12-11(17)13-9(8(2)3)10(15)16/h8-9H,5-7H2,1-4H3,(H,15,16)(H2,12,13,17).